The van der Waals surface area contributed by atoms with E-state index < -0.39 is 0 Å². The standard InChI is InChI=1S/C11H16O/c1-9-7-12-8-10-5-3-2-4-6-11(9)10/h1-8H2. The highest BCUT2D eigenvalue weighted by molar-refractivity contribution is 5.36. The minimum absolute atomic E-state index is 0.763. The maximum absolute atomic E-state index is 5.45. The second kappa shape index (κ2) is 3.44. The van der Waals surface area contributed by atoms with Gasteiger partial charge in [-0.2, -0.15) is 0 Å². The van der Waals surface area contributed by atoms with E-state index in [0.717, 1.165) is 13.2 Å². The molecule has 0 unspecified atom stereocenters. The number of hydrogen-bond acceptors (Lipinski definition) is 1. The third kappa shape index (κ3) is 1.46. The molecule has 0 amide bonds. The second-order valence-corrected chi connectivity index (χ2v) is 3.74. The maximum Gasteiger partial charge on any atom is 0.0718 e. The Balaban J connectivity index is 2.23. The quantitative estimate of drug-likeness (QED) is 0.535. The summed E-state index contributed by atoms with van der Waals surface area (Å²) in [5, 5.41) is 0. The molecule has 0 saturated carbocycles. The zero-order chi connectivity index (χ0) is 8.39. The number of rotatable bonds is 0. The molecule has 2 rings (SSSR count). The summed E-state index contributed by atoms with van der Waals surface area (Å²) < 4.78 is 5.45. The van der Waals surface area contributed by atoms with Gasteiger partial charge in [-0.15, -0.1) is 0 Å². The smallest absolute Gasteiger partial charge is 0.0718 e. The van der Waals surface area contributed by atoms with Gasteiger partial charge in [0, 0.05) is 0 Å². The van der Waals surface area contributed by atoms with E-state index in [1.807, 2.05) is 0 Å². The Morgan fingerprint density at radius 3 is 2.75 bits per heavy atom. The molecule has 0 bridgehead atoms. The Bertz CT molecular complexity index is 225. The lowest BCUT2D eigenvalue weighted by molar-refractivity contribution is 0.169. The Hall–Kier alpha value is -0.560. The van der Waals surface area contributed by atoms with E-state index >= 15 is 0 Å². The molecule has 0 aromatic carbocycles. The van der Waals surface area contributed by atoms with Crippen molar-refractivity contribution >= 4 is 0 Å². The molecular weight excluding hydrogens is 148 g/mol. The fourth-order valence-corrected chi connectivity index (χ4v) is 2.12. The minimum Gasteiger partial charge on any atom is -0.372 e. The molecule has 0 N–H and O–H groups in total. The molecule has 0 radical (unpaired) electrons. The molecule has 0 spiro atoms. The predicted octanol–water partition coefficient (Wildman–Crippen LogP) is 2.83. The first-order valence-electron chi connectivity index (χ1n) is 4.85. The van der Waals surface area contributed by atoms with E-state index in [2.05, 4.69) is 6.58 Å². The Kier molecular flexibility index (Phi) is 2.31. The highest BCUT2D eigenvalue weighted by atomic mass is 16.5. The molecule has 1 nitrogen and oxygen atoms in total. The maximum atomic E-state index is 5.45. The van der Waals surface area contributed by atoms with Gasteiger partial charge in [-0.25, -0.2) is 0 Å². The van der Waals surface area contributed by atoms with Crippen molar-refractivity contribution in [2.24, 2.45) is 0 Å². The number of ether oxygens (including phenoxy) is 1. The Labute approximate surface area is 74.1 Å². The van der Waals surface area contributed by atoms with Gasteiger partial charge in [-0.3, -0.25) is 0 Å². The van der Waals surface area contributed by atoms with Crippen LogP contribution in [0.5, 0.6) is 0 Å². The summed E-state index contributed by atoms with van der Waals surface area (Å²) in [5.74, 6) is 0. The predicted molar refractivity (Wildman–Crippen MR) is 50.1 cm³/mol. The van der Waals surface area contributed by atoms with E-state index in [0.29, 0.717) is 0 Å². The molecule has 0 saturated heterocycles. The van der Waals surface area contributed by atoms with Crippen molar-refractivity contribution in [1.29, 1.82) is 0 Å². The van der Waals surface area contributed by atoms with Crippen LogP contribution in [0.1, 0.15) is 32.1 Å². The van der Waals surface area contributed by atoms with Crippen molar-refractivity contribution in [1.82, 2.24) is 0 Å². The van der Waals surface area contributed by atoms with Crippen LogP contribution in [0.2, 0.25) is 0 Å². The average molecular weight is 164 g/mol. The molecule has 0 aromatic rings. The largest absolute Gasteiger partial charge is 0.372 e. The van der Waals surface area contributed by atoms with Crippen LogP contribution in [-0.4, -0.2) is 13.2 Å². The first kappa shape index (κ1) is 8.06. The molecule has 66 valence electrons. The summed E-state index contributed by atoms with van der Waals surface area (Å²) in [7, 11) is 0. The van der Waals surface area contributed by atoms with Gasteiger partial charge in [0.2, 0.25) is 0 Å². The van der Waals surface area contributed by atoms with Crippen LogP contribution < -0.4 is 0 Å². The minimum atomic E-state index is 0.763. The topological polar surface area (TPSA) is 9.23 Å². The van der Waals surface area contributed by atoms with Crippen molar-refractivity contribution in [3.63, 3.8) is 0 Å². The van der Waals surface area contributed by atoms with Crippen LogP contribution >= 0.6 is 0 Å². The summed E-state index contributed by atoms with van der Waals surface area (Å²) >= 11 is 0. The van der Waals surface area contributed by atoms with Crippen molar-refractivity contribution in [3.8, 4) is 0 Å². The molecule has 0 atom stereocenters. The molecule has 1 heteroatoms. The van der Waals surface area contributed by atoms with E-state index in [1.54, 1.807) is 5.57 Å². The monoisotopic (exact) mass is 164 g/mol. The average Bonchev–Trinajstić information content (AvgIpc) is 2.30. The molecular formula is C11H16O. The van der Waals surface area contributed by atoms with Gasteiger partial charge in [-0.05, 0) is 42.4 Å². The first-order chi connectivity index (χ1) is 5.88. The van der Waals surface area contributed by atoms with Crippen molar-refractivity contribution in [2.75, 3.05) is 13.2 Å². The van der Waals surface area contributed by atoms with Crippen molar-refractivity contribution < 1.29 is 4.74 Å². The van der Waals surface area contributed by atoms with Gasteiger partial charge in [0.1, 0.15) is 0 Å². The zero-order valence-electron chi connectivity index (χ0n) is 7.57. The SMILES string of the molecule is C=C1COCC2=C1CCCCC2. The van der Waals surface area contributed by atoms with E-state index in [-0.39, 0.29) is 0 Å². The summed E-state index contributed by atoms with van der Waals surface area (Å²) in [6.07, 6.45) is 6.56. The van der Waals surface area contributed by atoms with Crippen LogP contribution in [0.25, 0.3) is 0 Å². The van der Waals surface area contributed by atoms with Gasteiger partial charge in [0.15, 0.2) is 0 Å². The van der Waals surface area contributed by atoms with E-state index in [4.69, 9.17) is 4.74 Å². The van der Waals surface area contributed by atoms with Crippen LogP contribution in [0.15, 0.2) is 23.3 Å². The van der Waals surface area contributed by atoms with Crippen LogP contribution in [0.3, 0.4) is 0 Å². The fourth-order valence-electron chi connectivity index (χ4n) is 2.12. The summed E-state index contributed by atoms with van der Waals surface area (Å²) in [5.41, 5.74) is 4.31. The van der Waals surface area contributed by atoms with Crippen molar-refractivity contribution in [3.05, 3.63) is 23.3 Å². The molecule has 12 heavy (non-hydrogen) atoms. The molecule has 2 aliphatic rings. The van der Waals surface area contributed by atoms with Gasteiger partial charge >= 0.3 is 0 Å². The lowest BCUT2D eigenvalue weighted by Crippen LogP contribution is -2.12. The highest BCUT2D eigenvalue weighted by Crippen LogP contribution is 2.31. The van der Waals surface area contributed by atoms with E-state index in [9.17, 15) is 0 Å². The van der Waals surface area contributed by atoms with Crippen LogP contribution in [0, 0.1) is 0 Å². The van der Waals surface area contributed by atoms with Gasteiger partial charge in [0.05, 0.1) is 13.2 Å². The van der Waals surface area contributed by atoms with Gasteiger partial charge < -0.3 is 4.74 Å². The lowest BCUT2D eigenvalue weighted by atomic mass is 9.96. The zero-order valence-corrected chi connectivity index (χ0v) is 7.57. The second-order valence-electron chi connectivity index (χ2n) is 3.74. The third-order valence-corrected chi connectivity index (χ3v) is 2.81. The third-order valence-electron chi connectivity index (χ3n) is 2.81. The summed E-state index contributed by atoms with van der Waals surface area (Å²) in [4.78, 5) is 0. The van der Waals surface area contributed by atoms with Crippen LogP contribution in [0.4, 0.5) is 0 Å². The molecule has 0 fully saturated rings. The van der Waals surface area contributed by atoms with Crippen molar-refractivity contribution in [2.45, 2.75) is 32.1 Å². The highest BCUT2D eigenvalue weighted by Gasteiger charge is 2.17. The fraction of sp³-hybridized carbons (Fsp3) is 0.636. The van der Waals surface area contributed by atoms with Crippen LogP contribution in [-0.2, 0) is 4.74 Å². The summed E-state index contributed by atoms with van der Waals surface area (Å²) in [6, 6.07) is 0. The normalized spacial score (nSPS) is 25.2. The van der Waals surface area contributed by atoms with Gasteiger partial charge in [-0.1, -0.05) is 13.0 Å². The molecule has 1 aliphatic heterocycles. The first-order valence-corrected chi connectivity index (χ1v) is 4.85. The lowest BCUT2D eigenvalue weighted by Gasteiger charge is -2.21. The van der Waals surface area contributed by atoms with E-state index in [1.165, 1.54) is 43.3 Å². The molecule has 1 heterocycles. The molecule has 1 aliphatic carbocycles. The van der Waals surface area contributed by atoms with Gasteiger partial charge in [0.25, 0.3) is 0 Å². The summed E-state index contributed by atoms with van der Waals surface area (Å²) in [6.45, 7) is 5.69. The number of hydrogen-bond donors (Lipinski definition) is 0. The Morgan fingerprint density at radius 1 is 1.00 bits per heavy atom. The molecule has 0 aromatic heterocycles. The Morgan fingerprint density at radius 2 is 1.83 bits per heavy atom.